The van der Waals surface area contributed by atoms with Gasteiger partial charge in [-0.25, -0.2) is 12.8 Å². The van der Waals surface area contributed by atoms with Crippen LogP contribution in [0, 0.1) is 11.7 Å². The van der Waals surface area contributed by atoms with Gasteiger partial charge in [-0.1, -0.05) is 6.92 Å². The molecular formula is C25H28FN3O3S. The first-order chi connectivity index (χ1) is 15.8. The first kappa shape index (κ1) is 22.1. The van der Waals surface area contributed by atoms with Crippen molar-refractivity contribution < 1.29 is 17.6 Å². The summed E-state index contributed by atoms with van der Waals surface area (Å²) in [6, 6.07) is 10.7. The van der Waals surface area contributed by atoms with Gasteiger partial charge < -0.3 is 9.88 Å². The van der Waals surface area contributed by atoms with Crippen molar-refractivity contribution in [3.63, 3.8) is 0 Å². The van der Waals surface area contributed by atoms with Gasteiger partial charge in [-0.3, -0.25) is 4.79 Å². The second-order valence-corrected chi connectivity index (χ2v) is 11.1. The maximum absolute atomic E-state index is 13.3. The molecule has 1 aliphatic carbocycles. The molecule has 1 fully saturated rings. The molecule has 2 heterocycles. The summed E-state index contributed by atoms with van der Waals surface area (Å²) < 4.78 is 40.6. The van der Waals surface area contributed by atoms with Crippen LogP contribution in [0.4, 0.5) is 4.39 Å². The van der Waals surface area contributed by atoms with Crippen molar-refractivity contribution in [3.05, 3.63) is 65.1 Å². The van der Waals surface area contributed by atoms with Crippen LogP contribution < -0.4 is 0 Å². The van der Waals surface area contributed by atoms with Crippen LogP contribution in [0.2, 0.25) is 0 Å². The predicted octanol–water partition coefficient (Wildman–Crippen LogP) is 3.97. The van der Waals surface area contributed by atoms with E-state index >= 15 is 0 Å². The van der Waals surface area contributed by atoms with Gasteiger partial charge in [0.05, 0.1) is 4.90 Å². The molecule has 0 spiro atoms. The van der Waals surface area contributed by atoms with Crippen LogP contribution >= 0.6 is 0 Å². The largest absolute Gasteiger partial charge is 0.358 e. The van der Waals surface area contributed by atoms with Crippen molar-refractivity contribution in [2.24, 2.45) is 5.92 Å². The summed E-state index contributed by atoms with van der Waals surface area (Å²) >= 11 is 0. The number of carbonyl (C=O) groups is 1. The van der Waals surface area contributed by atoms with Crippen LogP contribution in [0.1, 0.15) is 41.4 Å². The third kappa shape index (κ3) is 4.17. The molecule has 0 bridgehead atoms. The zero-order valence-electron chi connectivity index (χ0n) is 18.7. The number of nitrogens with one attached hydrogen (secondary N) is 1. The summed E-state index contributed by atoms with van der Waals surface area (Å²) in [6.07, 6.45) is 3.79. The Bertz CT molecular complexity index is 1300. The maximum atomic E-state index is 13.3. The molecular weight excluding hydrogens is 441 g/mol. The summed E-state index contributed by atoms with van der Waals surface area (Å²) in [7, 11) is -3.73. The van der Waals surface area contributed by atoms with Gasteiger partial charge in [-0.05, 0) is 79.6 Å². The van der Waals surface area contributed by atoms with Crippen LogP contribution in [0.25, 0.3) is 10.9 Å². The Morgan fingerprint density at radius 1 is 1.06 bits per heavy atom. The topological polar surface area (TPSA) is 73.5 Å². The van der Waals surface area contributed by atoms with E-state index in [0.717, 1.165) is 35.9 Å². The van der Waals surface area contributed by atoms with Crippen molar-refractivity contribution in [3.8, 4) is 0 Å². The van der Waals surface area contributed by atoms with Gasteiger partial charge in [0.1, 0.15) is 5.82 Å². The molecule has 6 nitrogen and oxygen atoms in total. The van der Waals surface area contributed by atoms with Crippen LogP contribution in [0.3, 0.4) is 0 Å². The highest BCUT2D eigenvalue weighted by molar-refractivity contribution is 7.89. The zero-order chi connectivity index (χ0) is 23.2. The molecule has 1 aliphatic heterocycles. The monoisotopic (exact) mass is 469 g/mol. The predicted molar refractivity (Wildman–Crippen MR) is 125 cm³/mol. The minimum absolute atomic E-state index is 0.0700. The van der Waals surface area contributed by atoms with Gasteiger partial charge in [0.15, 0.2) is 0 Å². The van der Waals surface area contributed by atoms with Gasteiger partial charge in [0.25, 0.3) is 5.91 Å². The lowest BCUT2D eigenvalue weighted by Crippen LogP contribution is -2.37. The zero-order valence-corrected chi connectivity index (χ0v) is 19.5. The molecule has 1 amide bonds. The van der Waals surface area contributed by atoms with Crippen LogP contribution in [0.5, 0.6) is 0 Å². The van der Waals surface area contributed by atoms with Gasteiger partial charge >= 0.3 is 0 Å². The number of rotatable bonds is 3. The molecule has 33 heavy (non-hydrogen) atoms. The average molecular weight is 470 g/mol. The molecule has 2 aromatic carbocycles. The number of hydrogen-bond acceptors (Lipinski definition) is 3. The van der Waals surface area contributed by atoms with E-state index in [2.05, 4.69) is 11.9 Å². The highest BCUT2D eigenvalue weighted by Gasteiger charge is 2.29. The molecule has 3 aromatic rings. The molecule has 5 rings (SSSR count). The van der Waals surface area contributed by atoms with E-state index in [9.17, 15) is 17.6 Å². The minimum atomic E-state index is -3.73. The van der Waals surface area contributed by atoms with E-state index < -0.39 is 15.8 Å². The molecule has 1 aromatic heterocycles. The lowest BCUT2D eigenvalue weighted by atomic mass is 9.87. The summed E-state index contributed by atoms with van der Waals surface area (Å²) in [4.78, 5) is 18.6. The fraction of sp³-hybridized carbons (Fsp3) is 0.400. The standard InChI is InChI=1S/C25H28FN3O3S/c1-17-3-9-23-21(15-17)22-16-18(4-10-24(22)27-23)25(30)28-11-2-12-29(14-13-28)33(31,32)20-7-5-19(26)6-8-20/h4-8,10,16-17,27H,2-3,9,11-15H2,1H3/t17-/m0/s1. The molecule has 174 valence electrons. The Morgan fingerprint density at radius 3 is 2.64 bits per heavy atom. The van der Waals surface area contributed by atoms with E-state index in [1.807, 2.05) is 18.2 Å². The number of hydrogen-bond donors (Lipinski definition) is 1. The lowest BCUT2D eigenvalue weighted by molar-refractivity contribution is 0.0764. The molecule has 0 unspecified atom stereocenters. The van der Waals surface area contributed by atoms with Gasteiger partial charge in [-0.2, -0.15) is 4.31 Å². The highest BCUT2D eigenvalue weighted by Crippen LogP contribution is 2.32. The van der Waals surface area contributed by atoms with Crippen LogP contribution in [-0.4, -0.2) is 54.7 Å². The van der Waals surface area contributed by atoms with E-state index in [-0.39, 0.29) is 17.3 Å². The summed E-state index contributed by atoms with van der Waals surface area (Å²) in [5.41, 5.74) is 4.31. The Morgan fingerprint density at radius 2 is 1.85 bits per heavy atom. The molecule has 0 radical (unpaired) electrons. The van der Waals surface area contributed by atoms with Crippen molar-refractivity contribution in [1.82, 2.24) is 14.2 Å². The van der Waals surface area contributed by atoms with E-state index in [0.29, 0.717) is 37.5 Å². The maximum Gasteiger partial charge on any atom is 0.253 e. The highest BCUT2D eigenvalue weighted by atomic mass is 32.2. The quantitative estimate of drug-likeness (QED) is 0.631. The smallest absolute Gasteiger partial charge is 0.253 e. The number of fused-ring (bicyclic) bond motifs is 3. The SMILES string of the molecule is C[C@H]1CCc2[nH]c3ccc(C(=O)N4CCCN(S(=O)(=O)c5ccc(F)cc5)CC4)cc3c2C1. The van der Waals surface area contributed by atoms with Crippen molar-refractivity contribution >= 4 is 26.8 Å². The summed E-state index contributed by atoms with van der Waals surface area (Å²) in [5.74, 6) is 0.0870. The second kappa shape index (κ2) is 8.57. The van der Waals surface area contributed by atoms with Gasteiger partial charge in [-0.15, -0.1) is 0 Å². The number of amides is 1. The Hall–Kier alpha value is -2.71. The van der Waals surface area contributed by atoms with Gasteiger partial charge in [0.2, 0.25) is 10.0 Å². The Labute approximate surface area is 193 Å². The lowest BCUT2D eigenvalue weighted by Gasteiger charge is -2.22. The molecule has 2 aliphatic rings. The van der Waals surface area contributed by atoms with Gasteiger partial charge in [0, 0.05) is 48.3 Å². The average Bonchev–Trinajstić information content (AvgIpc) is 2.98. The summed E-state index contributed by atoms with van der Waals surface area (Å²) in [6.45, 7) is 3.62. The fourth-order valence-electron chi connectivity index (χ4n) is 5.00. The van der Waals surface area contributed by atoms with E-state index in [1.54, 1.807) is 4.90 Å². The van der Waals surface area contributed by atoms with Crippen LogP contribution in [0.15, 0.2) is 47.4 Å². The second-order valence-electron chi connectivity index (χ2n) is 9.19. The number of sulfonamides is 1. The minimum Gasteiger partial charge on any atom is -0.358 e. The Balaban J connectivity index is 1.34. The number of H-pyrrole nitrogens is 1. The molecule has 8 heteroatoms. The van der Waals surface area contributed by atoms with Crippen LogP contribution in [-0.2, 0) is 22.9 Å². The normalized spacial score (nSPS) is 19.9. The summed E-state index contributed by atoms with van der Waals surface area (Å²) in [5, 5.41) is 1.12. The fourth-order valence-corrected chi connectivity index (χ4v) is 6.47. The van der Waals surface area contributed by atoms with E-state index in [1.165, 1.54) is 34.1 Å². The number of halogens is 1. The third-order valence-electron chi connectivity index (χ3n) is 6.87. The van der Waals surface area contributed by atoms with Crippen molar-refractivity contribution in [2.45, 2.75) is 37.5 Å². The number of aromatic amines is 1. The number of carbonyl (C=O) groups excluding carboxylic acids is 1. The third-order valence-corrected chi connectivity index (χ3v) is 8.79. The molecule has 1 atom stereocenters. The number of nitrogens with zero attached hydrogens (tertiary/aromatic N) is 2. The van der Waals surface area contributed by atoms with Crippen molar-refractivity contribution in [2.75, 3.05) is 26.2 Å². The Kier molecular flexibility index (Phi) is 5.74. The van der Waals surface area contributed by atoms with Crippen molar-refractivity contribution in [1.29, 1.82) is 0 Å². The number of aromatic nitrogens is 1. The number of aryl methyl sites for hydroxylation is 1. The first-order valence-corrected chi connectivity index (χ1v) is 13.0. The molecule has 0 saturated carbocycles. The number of benzene rings is 2. The molecule has 1 N–H and O–H groups in total. The molecule has 1 saturated heterocycles. The first-order valence-electron chi connectivity index (χ1n) is 11.5. The van der Waals surface area contributed by atoms with E-state index in [4.69, 9.17) is 0 Å².